The summed E-state index contributed by atoms with van der Waals surface area (Å²) in [5.74, 6) is 1.30. The van der Waals surface area contributed by atoms with E-state index in [0.717, 1.165) is 17.1 Å². The van der Waals surface area contributed by atoms with Gasteiger partial charge in [-0.2, -0.15) is 9.78 Å². The monoisotopic (exact) mass is 264 g/mol. The van der Waals surface area contributed by atoms with Gasteiger partial charge in [0.2, 0.25) is 0 Å². The second-order valence-electron chi connectivity index (χ2n) is 4.85. The average Bonchev–Trinajstić information content (AvgIpc) is 2.85. The summed E-state index contributed by atoms with van der Waals surface area (Å²) in [5.41, 5.74) is 10.5. The molecule has 100 valence electrons. The number of aromatic nitrogens is 3. The van der Waals surface area contributed by atoms with Crippen LogP contribution in [-0.4, -0.2) is 14.8 Å². The zero-order chi connectivity index (χ0) is 14.1. The number of hydrogen-bond donors (Lipinski definition) is 1. The van der Waals surface area contributed by atoms with E-state index in [1.165, 1.54) is 11.1 Å². The van der Waals surface area contributed by atoms with Gasteiger partial charge in [-0.1, -0.05) is 18.2 Å². The van der Waals surface area contributed by atoms with E-state index in [0.29, 0.717) is 5.82 Å². The number of nitrogens with zero attached hydrogens (tertiary/aromatic N) is 3. The molecule has 1 aromatic carbocycles. The number of hydrogen-bond acceptors (Lipinski definition) is 3. The van der Waals surface area contributed by atoms with Crippen LogP contribution in [0.3, 0.4) is 0 Å². The Bertz CT molecular complexity index is 744. The van der Waals surface area contributed by atoms with Gasteiger partial charge in [0.1, 0.15) is 5.82 Å². The summed E-state index contributed by atoms with van der Waals surface area (Å²) in [6.07, 6.45) is 1.73. The lowest BCUT2D eigenvalue weighted by molar-refractivity contribution is 0.860. The Labute approximate surface area is 117 Å². The highest BCUT2D eigenvalue weighted by atomic mass is 15.3. The first-order valence-electron chi connectivity index (χ1n) is 6.50. The molecule has 0 unspecified atom stereocenters. The summed E-state index contributed by atoms with van der Waals surface area (Å²) in [6, 6.07) is 13.8. The van der Waals surface area contributed by atoms with Crippen LogP contribution in [0.15, 0.2) is 48.7 Å². The molecular weight excluding hydrogens is 248 g/mol. The van der Waals surface area contributed by atoms with E-state index in [4.69, 9.17) is 5.73 Å². The van der Waals surface area contributed by atoms with Crippen LogP contribution in [0.25, 0.3) is 17.1 Å². The maximum atomic E-state index is 6.04. The Morgan fingerprint density at radius 1 is 1.00 bits per heavy atom. The third-order valence-corrected chi connectivity index (χ3v) is 3.41. The molecule has 0 saturated heterocycles. The van der Waals surface area contributed by atoms with E-state index in [-0.39, 0.29) is 0 Å². The van der Waals surface area contributed by atoms with Crippen LogP contribution in [0.2, 0.25) is 0 Å². The Morgan fingerprint density at radius 2 is 1.85 bits per heavy atom. The summed E-state index contributed by atoms with van der Waals surface area (Å²) in [6.45, 7) is 4.19. The molecule has 0 fully saturated rings. The van der Waals surface area contributed by atoms with Gasteiger partial charge in [-0.3, -0.25) is 0 Å². The van der Waals surface area contributed by atoms with E-state index in [1.807, 2.05) is 24.3 Å². The predicted molar refractivity (Wildman–Crippen MR) is 80.7 cm³/mol. The minimum Gasteiger partial charge on any atom is -0.384 e. The topological polar surface area (TPSA) is 56.7 Å². The Balaban J connectivity index is 2.06. The fraction of sp³-hybridized carbons (Fsp3) is 0.125. The second-order valence-corrected chi connectivity index (χ2v) is 4.85. The van der Waals surface area contributed by atoms with Gasteiger partial charge < -0.3 is 5.73 Å². The van der Waals surface area contributed by atoms with Crippen molar-refractivity contribution in [2.45, 2.75) is 13.8 Å². The molecule has 0 aliphatic rings. The molecule has 3 aromatic rings. The Kier molecular flexibility index (Phi) is 2.99. The van der Waals surface area contributed by atoms with Crippen molar-refractivity contribution in [2.75, 3.05) is 5.73 Å². The highest BCUT2D eigenvalue weighted by Gasteiger charge is 2.09. The minimum absolute atomic E-state index is 0.580. The summed E-state index contributed by atoms with van der Waals surface area (Å²) >= 11 is 0. The molecule has 20 heavy (non-hydrogen) atoms. The van der Waals surface area contributed by atoms with E-state index < -0.39 is 0 Å². The zero-order valence-corrected chi connectivity index (χ0v) is 11.5. The van der Waals surface area contributed by atoms with Gasteiger partial charge in [-0.15, -0.1) is 0 Å². The standard InChI is InChI=1S/C16H16N4/c1-11-6-7-13(9-12(11)2)14-10-15(17)20(19-14)16-5-3-4-8-18-16/h3-10H,17H2,1-2H3. The fourth-order valence-electron chi connectivity index (χ4n) is 2.10. The molecule has 0 saturated carbocycles. The number of nitrogens with two attached hydrogens (primary N) is 1. The molecule has 4 nitrogen and oxygen atoms in total. The van der Waals surface area contributed by atoms with Gasteiger partial charge in [0.25, 0.3) is 0 Å². The highest BCUT2D eigenvalue weighted by Crippen LogP contribution is 2.24. The smallest absolute Gasteiger partial charge is 0.155 e. The average molecular weight is 264 g/mol. The molecule has 0 amide bonds. The molecular formula is C16H16N4. The first kappa shape index (κ1) is 12.4. The Morgan fingerprint density at radius 3 is 2.55 bits per heavy atom. The van der Waals surface area contributed by atoms with E-state index in [9.17, 15) is 0 Å². The predicted octanol–water partition coefficient (Wildman–Crippen LogP) is 3.13. The third kappa shape index (κ3) is 2.16. The van der Waals surface area contributed by atoms with Crippen LogP contribution < -0.4 is 5.73 Å². The van der Waals surface area contributed by atoms with Crippen LogP contribution in [0.1, 0.15) is 11.1 Å². The largest absolute Gasteiger partial charge is 0.384 e. The molecule has 0 spiro atoms. The Hall–Kier alpha value is -2.62. The lowest BCUT2D eigenvalue weighted by atomic mass is 10.0. The molecule has 0 bridgehead atoms. The number of nitrogen functional groups attached to an aromatic ring is 1. The van der Waals surface area contributed by atoms with Crippen LogP contribution in [-0.2, 0) is 0 Å². The van der Waals surface area contributed by atoms with E-state index >= 15 is 0 Å². The molecule has 2 aromatic heterocycles. The van der Waals surface area contributed by atoms with Gasteiger partial charge in [-0.05, 0) is 43.2 Å². The summed E-state index contributed by atoms with van der Waals surface area (Å²) in [7, 11) is 0. The summed E-state index contributed by atoms with van der Waals surface area (Å²) in [4.78, 5) is 4.27. The number of pyridine rings is 1. The number of rotatable bonds is 2. The van der Waals surface area contributed by atoms with Crippen molar-refractivity contribution in [3.63, 3.8) is 0 Å². The molecule has 0 aliphatic carbocycles. The SMILES string of the molecule is Cc1ccc(-c2cc(N)n(-c3ccccn3)n2)cc1C. The molecule has 0 atom stereocenters. The van der Waals surface area contributed by atoms with Crippen LogP contribution in [0.5, 0.6) is 0 Å². The first-order chi connectivity index (χ1) is 9.65. The van der Waals surface area contributed by atoms with Gasteiger partial charge in [-0.25, -0.2) is 4.98 Å². The van der Waals surface area contributed by atoms with Crippen molar-refractivity contribution in [1.82, 2.24) is 14.8 Å². The van der Waals surface area contributed by atoms with Gasteiger partial charge in [0.05, 0.1) is 5.69 Å². The molecule has 4 heteroatoms. The first-order valence-corrected chi connectivity index (χ1v) is 6.50. The van der Waals surface area contributed by atoms with Crippen LogP contribution in [0, 0.1) is 13.8 Å². The van der Waals surface area contributed by atoms with E-state index in [1.54, 1.807) is 10.9 Å². The number of anilines is 1. The maximum Gasteiger partial charge on any atom is 0.155 e. The highest BCUT2D eigenvalue weighted by molar-refractivity contribution is 5.64. The van der Waals surface area contributed by atoms with Crippen molar-refractivity contribution < 1.29 is 0 Å². The van der Waals surface area contributed by atoms with Gasteiger partial charge in [0, 0.05) is 17.8 Å². The van der Waals surface area contributed by atoms with Crippen LogP contribution in [0.4, 0.5) is 5.82 Å². The molecule has 0 aliphatic heterocycles. The minimum atomic E-state index is 0.580. The van der Waals surface area contributed by atoms with Crippen molar-refractivity contribution in [1.29, 1.82) is 0 Å². The van der Waals surface area contributed by atoms with Crippen molar-refractivity contribution in [3.05, 3.63) is 59.8 Å². The molecule has 3 rings (SSSR count). The van der Waals surface area contributed by atoms with Crippen molar-refractivity contribution >= 4 is 5.82 Å². The second kappa shape index (κ2) is 4.81. The van der Waals surface area contributed by atoms with E-state index in [2.05, 4.69) is 42.1 Å². The lowest BCUT2D eigenvalue weighted by Crippen LogP contribution is -2.03. The number of benzene rings is 1. The van der Waals surface area contributed by atoms with Gasteiger partial charge in [0.15, 0.2) is 5.82 Å². The third-order valence-electron chi connectivity index (χ3n) is 3.41. The van der Waals surface area contributed by atoms with Crippen molar-refractivity contribution in [3.8, 4) is 17.1 Å². The maximum absolute atomic E-state index is 6.04. The molecule has 0 radical (unpaired) electrons. The molecule has 2 N–H and O–H groups in total. The summed E-state index contributed by atoms with van der Waals surface area (Å²) in [5, 5.41) is 4.55. The van der Waals surface area contributed by atoms with Crippen LogP contribution >= 0.6 is 0 Å². The lowest BCUT2D eigenvalue weighted by Gasteiger charge is -2.03. The normalized spacial score (nSPS) is 10.7. The van der Waals surface area contributed by atoms with Crippen molar-refractivity contribution in [2.24, 2.45) is 0 Å². The molecule has 2 heterocycles. The summed E-state index contributed by atoms with van der Waals surface area (Å²) < 4.78 is 1.66. The quantitative estimate of drug-likeness (QED) is 0.773. The van der Waals surface area contributed by atoms with Gasteiger partial charge >= 0.3 is 0 Å². The number of aryl methyl sites for hydroxylation is 2. The zero-order valence-electron chi connectivity index (χ0n) is 11.5. The fourth-order valence-corrected chi connectivity index (χ4v) is 2.10.